The molecule has 0 unspecified atom stereocenters. The van der Waals surface area contributed by atoms with Crippen molar-refractivity contribution in [2.24, 2.45) is 0 Å². The van der Waals surface area contributed by atoms with E-state index in [0.29, 0.717) is 6.42 Å². The van der Waals surface area contributed by atoms with Crippen LogP contribution < -0.4 is 0 Å². The van der Waals surface area contributed by atoms with Crippen LogP contribution in [-0.4, -0.2) is 16.2 Å². The Bertz CT molecular complexity index is 467. The molecule has 0 aliphatic carbocycles. The summed E-state index contributed by atoms with van der Waals surface area (Å²) in [5.74, 6) is -0.545. The van der Waals surface area contributed by atoms with Crippen molar-refractivity contribution >= 4 is 5.97 Å². The minimum Gasteiger partial charge on any atom is -0.508 e. The molecule has 0 bridgehead atoms. The number of phenolic OH excluding ortho intramolecular Hbond substituents is 1. The summed E-state index contributed by atoms with van der Waals surface area (Å²) in [4.78, 5) is 10.9. The summed E-state index contributed by atoms with van der Waals surface area (Å²) >= 11 is 0. The van der Waals surface area contributed by atoms with E-state index in [1.165, 1.54) is 0 Å². The molecule has 0 fully saturated rings. The van der Waals surface area contributed by atoms with E-state index < -0.39 is 5.97 Å². The van der Waals surface area contributed by atoms with Crippen molar-refractivity contribution in [3.8, 4) is 5.75 Å². The molecule has 0 aliphatic heterocycles. The van der Waals surface area contributed by atoms with E-state index >= 15 is 0 Å². The van der Waals surface area contributed by atoms with Crippen LogP contribution in [0.3, 0.4) is 0 Å². The van der Waals surface area contributed by atoms with Gasteiger partial charge in [0.2, 0.25) is 0 Å². The van der Waals surface area contributed by atoms with Gasteiger partial charge in [0.05, 0.1) is 0 Å². The van der Waals surface area contributed by atoms with Gasteiger partial charge in [0, 0.05) is 6.42 Å². The van der Waals surface area contributed by atoms with E-state index in [9.17, 15) is 9.90 Å². The highest BCUT2D eigenvalue weighted by Gasteiger charge is 2.26. The molecule has 0 saturated carbocycles. The molecule has 0 spiro atoms. The van der Waals surface area contributed by atoms with Gasteiger partial charge in [-0.25, -0.2) is 0 Å². The molecule has 0 amide bonds. The first-order valence-electron chi connectivity index (χ1n) is 7.01. The topological polar surface area (TPSA) is 57.5 Å². The van der Waals surface area contributed by atoms with Gasteiger partial charge >= 0.3 is 5.97 Å². The van der Waals surface area contributed by atoms with Crippen LogP contribution in [0.4, 0.5) is 0 Å². The summed E-state index contributed by atoms with van der Waals surface area (Å²) in [6, 6.07) is 3.54. The zero-order chi connectivity index (χ0) is 15.7. The Morgan fingerprint density at radius 1 is 1.00 bits per heavy atom. The third-order valence-corrected chi connectivity index (χ3v) is 3.44. The van der Waals surface area contributed by atoms with Crippen LogP contribution in [0.2, 0.25) is 0 Å². The Labute approximate surface area is 121 Å². The first kappa shape index (κ1) is 16.5. The number of aliphatic carboxylic acids is 1. The molecule has 0 aromatic heterocycles. The first-order chi connectivity index (χ1) is 8.93. The zero-order valence-corrected chi connectivity index (χ0v) is 13.4. The summed E-state index contributed by atoms with van der Waals surface area (Å²) in [5, 5.41) is 19.0. The molecule has 3 heteroatoms. The molecule has 1 aromatic carbocycles. The van der Waals surface area contributed by atoms with Gasteiger partial charge in [-0.2, -0.15) is 0 Å². The van der Waals surface area contributed by atoms with Crippen LogP contribution in [0.1, 0.15) is 64.7 Å². The van der Waals surface area contributed by atoms with Crippen LogP contribution in [0.15, 0.2) is 12.1 Å². The normalized spacial score (nSPS) is 12.5. The van der Waals surface area contributed by atoms with Crippen molar-refractivity contribution in [2.45, 2.75) is 65.2 Å². The fourth-order valence-corrected chi connectivity index (χ4v) is 2.50. The highest BCUT2D eigenvalue weighted by atomic mass is 16.4. The molecule has 0 heterocycles. The molecule has 1 aromatic rings. The van der Waals surface area contributed by atoms with E-state index in [-0.39, 0.29) is 23.0 Å². The van der Waals surface area contributed by atoms with Crippen molar-refractivity contribution < 1.29 is 15.0 Å². The van der Waals surface area contributed by atoms with Gasteiger partial charge in [0.15, 0.2) is 0 Å². The average molecular weight is 278 g/mol. The van der Waals surface area contributed by atoms with Crippen LogP contribution in [-0.2, 0) is 22.0 Å². The third-order valence-electron chi connectivity index (χ3n) is 3.44. The average Bonchev–Trinajstić information content (AvgIpc) is 2.23. The lowest BCUT2D eigenvalue weighted by atomic mass is 9.75. The summed E-state index contributed by atoms with van der Waals surface area (Å²) in [7, 11) is 0. The summed E-state index contributed by atoms with van der Waals surface area (Å²) in [5.41, 5.74) is 2.86. The van der Waals surface area contributed by atoms with Gasteiger partial charge in [0.25, 0.3) is 0 Å². The lowest BCUT2D eigenvalue weighted by Crippen LogP contribution is -2.21. The number of hydrogen-bond acceptors (Lipinski definition) is 2. The van der Waals surface area contributed by atoms with Crippen molar-refractivity contribution in [1.29, 1.82) is 0 Å². The molecule has 112 valence electrons. The Kier molecular flexibility index (Phi) is 4.52. The Morgan fingerprint density at radius 3 is 1.70 bits per heavy atom. The van der Waals surface area contributed by atoms with Gasteiger partial charge in [-0.15, -0.1) is 0 Å². The second-order valence-electron chi connectivity index (χ2n) is 7.41. The molecule has 0 atom stereocenters. The largest absolute Gasteiger partial charge is 0.508 e. The first-order valence-corrected chi connectivity index (χ1v) is 7.01. The Morgan fingerprint density at radius 2 is 1.40 bits per heavy atom. The number of carboxylic acids is 1. The number of benzene rings is 1. The summed E-state index contributed by atoms with van der Waals surface area (Å²) < 4.78 is 0. The minimum absolute atomic E-state index is 0.108. The number of aromatic hydroxyl groups is 1. The van der Waals surface area contributed by atoms with Crippen molar-refractivity contribution in [1.82, 2.24) is 0 Å². The van der Waals surface area contributed by atoms with Gasteiger partial charge in [0.1, 0.15) is 5.75 Å². The maximum absolute atomic E-state index is 10.9. The molecule has 0 radical (unpaired) electrons. The summed E-state index contributed by atoms with van der Waals surface area (Å²) in [6.45, 7) is 12.5. The lowest BCUT2D eigenvalue weighted by molar-refractivity contribution is -0.136. The highest BCUT2D eigenvalue weighted by Crippen LogP contribution is 2.37. The maximum atomic E-state index is 10.9. The molecule has 0 aliphatic rings. The quantitative estimate of drug-likeness (QED) is 0.878. The standard InChI is InChI=1S/C17H26O3/c1-16(2,3)13-9-11(18)10-14(17(4,5)6)12(13)7-8-15(19)20/h9-10,18H,7-8H2,1-6H3,(H,19,20). The van der Waals surface area contributed by atoms with E-state index in [1.807, 2.05) is 0 Å². The number of carboxylic acid groups (broad SMARTS) is 1. The van der Waals surface area contributed by atoms with Crippen LogP contribution >= 0.6 is 0 Å². The molecular weight excluding hydrogens is 252 g/mol. The van der Waals surface area contributed by atoms with E-state index in [1.54, 1.807) is 12.1 Å². The van der Waals surface area contributed by atoms with Crippen molar-refractivity contribution in [3.05, 3.63) is 28.8 Å². The predicted molar refractivity (Wildman–Crippen MR) is 81.5 cm³/mol. The summed E-state index contributed by atoms with van der Waals surface area (Å²) in [6.07, 6.45) is 0.603. The van der Waals surface area contributed by atoms with Crippen molar-refractivity contribution in [2.75, 3.05) is 0 Å². The Hall–Kier alpha value is -1.51. The fraction of sp³-hybridized carbons (Fsp3) is 0.588. The second kappa shape index (κ2) is 5.47. The number of phenols is 1. The third kappa shape index (κ3) is 3.99. The molecular formula is C17H26O3. The molecule has 1 rings (SSSR count). The lowest BCUT2D eigenvalue weighted by Gasteiger charge is -2.30. The van der Waals surface area contributed by atoms with Crippen LogP contribution in [0, 0.1) is 0 Å². The predicted octanol–water partition coefficient (Wildman–Crippen LogP) is 4.00. The number of hydrogen-bond donors (Lipinski definition) is 2. The van der Waals surface area contributed by atoms with E-state index in [4.69, 9.17) is 5.11 Å². The van der Waals surface area contributed by atoms with Crippen LogP contribution in [0.5, 0.6) is 5.75 Å². The van der Waals surface area contributed by atoms with E-state index in [2.05, 4.69) is 41.5 Å². The fourth-order valence-electron chi connectivity index (χ4n) is 2.50. The van der Waals surface area contributed by atoms with Crippen LogP contribution in [0.25, 0.3) is 0 Å². The number of carbonyl (C=O) groups is 1. The Balaban J connectivity index is 3.50. The van der Waals surface area contributed by atoms with Gasteiger partial charge in [-0.05, 0) is 46.1 Å². The molecule has 20 heavy (non-hydrogen) atoms. The monoisotopic (exact) mass is 278 g/mol. The molecule has 3 nitrogen and oxygen atoms in total. The SMILES string of the molecule is CC(C)(C)c1cc(O)cc(C(C)(C)C)c1CCC(=O)O. The molecule has 2 N–H and O–H groups in total. The second-order valence-corrected chi connectivity index (χ2v) is 7.41. The maximum Gasteiger partial charge on any atom is 0.303 e. The smallest absolute Gasteiger partial charge is 0.303 e. The number of rotatable bonds is 3. The van der Waals surface area contributed by atoms with Gasteiger partial charge in [-0.1, -0.05) is 41.5 Å². The van der Waals surface area contributed by atoms with Gasteiger partial charge < -0.3 is 10.2 Å². The molecule has 0 saturated heterocycles. The highest BCUT2D eigenvalue weighted by molar-refractivity contribution is 5.67. The van der Waals surface area contributed by atoms with E-state index in [0.717, 1.165) is 16.7 Å². The minimum atomic E-state index is -0.794. The van der Waals surface area contributed by atoms with Gasteiger partial charge in [-0.3, -0.25) is 4.79 Å². The zero-order valence-electron chi connectivity index (χ0n) is 13.4. The van der Waals surface area contributed by atoms with Crippen molar-refractivity contribution in [3.63, 3.8) is 0 Å².